The molecule has 0 aliphatic carbocycles. The molecule has 1 rings (SSSR count). The molecular formula is C7H14NO3P. The third kappa shape index (κ3) is 2.70. The van der Waals surface area contributed by atoms with Crippen LogP contribution in [0.3, 0.4) is 0 Å². The summed E-state index contributed by atoms with van der Waals surface area (Å²) in [7, 11) is -0.314. The Labute approximate surface area is 72.8 Å². The number of aliphatic carboxylic acids is 1. The van der Waals surface area contributed by atoms with Crippen molar-refractivity contribution in [3.8, 4) is 0 Å². The van der Waals surface area contributed by atoms with Crippen LogP contribution in [0.5, 0.6) is 0 Å². The van der Waals surface area contributed by atoms with E-state index in [1.165, 1.54) is 12.8 Å². The van der Waals surface area contributed by atoms with Crippen molar-refractivity contribution in [1.82, 2.24) is 5.09 Å². The first kappa shape index (κ1) is 9.90. The average Bonchev–Trinajstić information content (AvgIpc) is 2.51. The lowest BCUT2D eigenvalue weighted by atomic mass is 10.3. The number of rotatable bonds is 4. The van der Waals surface area contributed by atoms with E-state index >= 15 is 0 Å². The van der Waals surface area contributed by atoms with E-state index in [-0.39, 0.29) is 14.7 Å². The number of hydrogen-bond donors (Lipinski definition) is 3. The zero-order valence-electron chi connectivity index (χ0n) is 6.86. The maximum absolute atomic E-state index is 10.5. The highest BCUT2D eigenvalue weighted by Crippen LogP contribution is 2.39. The van der Waals surface area contributed by atoms with Crippen LogP contribution in [0, 0.1) is 0 Å². The van der Waals surface area contributed by atoms with Crippen molar-refractivity contribution in [1.29, 1.82) is 0 Å². The minimum atomic E-state index is -0.952. The van der Waals surface area contributed by atoms with Gasteiger partial charge in [-0.25, -0.2) is 0 Å². The zero-order valence-corrected chi connectivity index (χ0v) is 7.76. The number of aliphatic hydroxyl groups is 1. The molecule has 0 amide bonds. The lowest BCUT2D eigenvalue weighted by Crippen LogP contribution is -2.36. The maximum atomic E-state index is 10.5. The topological polar surface area (TPSA) is 69.6 Å². The average molecular weight is 191 g/mol. The van der Waals surface area contributed by atoms with Crippen molar-refractivity contribution in [3.63, 3.8) is 0 Å². The molecule has 0 saturated carbocycles. The van der Waals surface area contributed by atoms with E-state index in [1.807, 2.05) is 0 Å². The molecule has 1 aliphatic heterocycles. The fourth-order valence-electron chi connectivity index (χ4n) is 1.24. The van der Waals surface area contributed by atoms with Crippen molar-refractivity contribution in [2.45, 2.75) is 18.9 Å². The monoisotopic (exact) mass is 191 g/mol. The molecule has 0 aromatic carbocycles. The van der Waals surface area contributed by atoms with Gasteiger partial charge in [-0.3, -0.25) is 9.88 Å². The van der Waals surface area contributed by atoms with Crippen molar-refractivity contribution >= 4 is 14.0 Å². The second kappa shape index (κ2) is 4.75. The molecule has 0 aromatic heterocycles. The number of aliphatic hydroxyl groups excluding tert-OH is 1. The highest BCUT2D eigenvalue weighted by Gasteiger charge is 2.22. The van der Waals surface area contributed by atoms with Gasteiger partial charge in [0.25, 0.3) is 0 Å². The van der Waals surface area contributed by atoms with Crippen LogP contribution >= 0.6 is 8.07 Å². The standard InChI is InChI=1S/C7H14NO3P/c9-5-6(7(10)11)8-12-3-1-2-4-12/h6,8-9H,1-5H2,(H,10,11)/t6-/m0/s1. The van der Waals surface area contributed by atoms with Crippen molar-refractivity contribution < 1.29 is 15.0 Å². The van der Waals surface area contributed by atoms with Gasteiger partial charge in [-0.1, -0.05) is 0 Å². The third-order valence-corrected chi connectivity index (χ3v) is 4.31. The number of carboxylic acid groups (broad SMARTS) is 1. The summed E-state index contributed by atoms with van der Waals surface area (Å²) in [6.07, 6.45) is 4.57. The molecule has 5 heteroatoms. The second-order valence-corrected chi connectivity index (χ2v) is 5.13. The SMILES string of the molecule is O=C(O)[C@H](CO)NP1CCCC1. The summed E-state index contributed by atoms with van der Waals surface area (Å²) in [4.78, 5) is 10.5. The maximum Gasteiger partial charge on any atom is 0.323 e. The van der Waals surface area contributed by atoms with Crippen molar-refractivity contribution in [3.05, 3.63) is 0 Å². The minimum Gasteiger partial charge on any atom is -0.480 e. The first-order valence-corrected chi connectivity index (χ1v) is 5.80. The lowest BCUT2D eigenvalue weighted by molar-refractivity contribution is -0.139. The Bertz CT molecular complexity index is 159. The van der Waals surface area contributed by atoms with Gasteiger partial charge in [0.05, 0.1) is 6.61 Å². The summed E-state index contributed by atoms with van der Waals surface area (Å²) in [6, 6.07) is -0.755. The van der Waals surface area contributed by atoms with E-state index in [0.717, 1.165) is 12.3 Å². The normalized spacial score (nSPS) is 21.1. The van der Waals surface area contributed by atoms with E-state index < -0.39 is 12.0 Å². The summed E-state index contributed by atoms with van der Waals surface area (Å²) in [6.45, 7) is -0.311. The van der Waals surface area contributed by atoms with Crippen LogP contribution < -0.4 is 5.09 Å². The predicted octanol–water partition coefficient (Wildman–Crippen LogP) is 0.212. The molecule has 1 aliphatic rings. The number of nitrogens with one attached hydrogen (secondary N) is 1. The van der Waals surface area contributed by atoms with Crippen LogP contribution in [0.15, 0.2) is 0 Å². The van der Waals surface area contributed by atoms with Crippen molar-refractivity contribution in [2.75, 3.05) is 18.9 Å². The van der Waals surface area contributed by atoms with Gasteiger partial charge in [-0.15, -0.1) is 0 Å². The molecule has 1 saturated heterocycles. The Morgan fingerprint density at radius 3 is 2.50 bits per heavy atom. The quantitative estimate of drug-likeness (QED) is 0.556. The predicted molar refractivity (Wildman–Crippen MR) is 47.5 cm³/mol. The molecule has 70 valence electrons. The summed E-state index contributed by atoms with van der Waals surface area (Å²) in [5.74, 6) is -0.952. The first-order chi connectivity index (χ1) is 5.74. The fraction of sp³-hybridized carbons (Fsp3) is 0.857. The van der Waals surface area contributed by atoms with Crippen LogP contribution in [-0.4, -0.2) is 41.2 Å². The minimum absolute atomic E-state index is 0.311. The van der Waals surface area contributed by atoms with Gasteiger partial charge in [-0.2, -0.15) is 0 Å². The molecule has 12 heavy (non-hydrogen) atoms. The van der Waals surface area contributed by atoms with Crippen LogP contribution in [0.25, 0.3) is 0 Å². The second-order valence-electron chi connectivity index (χ2n) is 2.90. The Hall–Kier alpha value is -0.180. The van der Waals surface area contributed by atoms with Crippen LogP contribution in [-0.2, 0) is 4.79 Å². The molecule has 0 bridgehead atoms. The van der Waals surface area contributed by atoms with Gasteiger partial charge >= 0.3 is 5.97 Å². The molecule has 0 spiro atoms. The highest BCUT2D eigenvalue weighted by molar-refractivity contribution is 7.55. The lowest BCUT2D eigenvalue weighted by Gasteiger charge is -2.17. The smallest absolute Gasteiger partial charge is 0.323 e. The number of hydrogen-bond acceptors (Lipinski definition) is 3. The van der Waals surface area contributed by atoms with Gasteiger partial charge in [0, 0.05) is 0 Å². The first-order valence-electron chi connectivity index (χ1n) is 4.09. The molecule has 1 heterocycles. The summed E-state index contributed by atoms with van der Waals surface area (Å²) in [5, 5.41) is 20.3. The Morgan fingerprint density at radius 1 is 1.50 bits per heavy atom. The Balaban J connectivity index is 2.30. The molecule has 0 aromatic rings. The van der Waals surface area contributed by atoms with Gasteiger partial charge < -0.3 is 10.2 Å². The van der Waals surface area contributed by atoms with Crippen LogP contribution in [0.1, 0.15) is 12.8 Å². The van der Waals surface area contributed by atoms with E-state index in [1.54, 1.807) is 0 Å². The molecule has 3 N–H and O–H groups in total. The zero-order chi connectivity index (χ0) is 8.97. The molecule has 0 unspecified atom stereocenters. The van der Waals surface area contributed by atoms with E-state index in [4.69, 9.17) is 10.2 Å². The van der Waals surface area contributed by atoms with Crippen LogP contribution in [0.2, 0.25) is 0 Å². The van der Waals surface area contributed by atoms with E-state index in [2.05, 4.69) is 5.09 Å². The largest absolute Gasteiger partial charge is 0.480 e. The van der Waals surface area contributed by atoms with Gasteiger partial charge in [-0.05, 0) is 33.2 Å². The molecule has 1 fully saturated rings. The molecule has 0 radical (unpaired) electrons. The number of carboxylic acids is 1. The summed E-state index contributed by atoms with van der Waals surface area (Å²) >= 11 is 0. The van der Waals surface area contributed by atoms with Crippen LogP contribution in [0.4, 0.5) is 0 Å². The van der Waals surface area contributed by atoms with Gasteiger partial charge in [0.1, 0.15) is 6.04 Å². The van der Waals surface area contributed by atoms with Gasteiger partial charge in [0.15, 0.2) is 0 Å². The van der Waals surface area contributed by atoms with Gasteiger partial charge in [0.2, 0.25) is 0 Å². The van der Waals surface area contributed by atoms with E-state index in [0.29, 0.717) is 0 Å². The summed E-state index contributed by atoms with van der Waals surface area (Å²) in [5.41, 5.74) is 0. The number of carbonyl (C=O) groups is 1. The highest BCUT2D eigenvalue weighted by atomic mass is 31.1. The van der Waals surface area contributed by atoms with E-state index in [9.17, 15) is 4.79 Å². The fourth-order valence-corrected chi connectivity index (χ4v) is 3.57. The molecule has 1 atom stereocenters. The summed E-state index contributed by atoms with van der Waals surface area (Å²) < 4.78 is 0. The molecule has 4 nitrogen and oxygen atoms in total. The Morgan fingerprint density at radius 2 is 2.08 bits per heavy atom. The molecular weight excluding hydrogens is 177 g/mol. The van der Waals surface area contributed by atoms with Crippen molar-refractivity contribution in [2.24, 2.45) is 0 Å². The third-order valence-electron chi connectivity index (χ3n) is 1.93. The Kier molecular flexibility index (Phi) is 3.92.